The number of aromatic nitrogens is 4. The van der Waals surface area contributed by atoms with Gasteiger partial charge in [-0.15, -0.1) is 10.2 Å². The van der Waals surface area contributed by atoms with Crippen molar-refractivity contribution in [2.24, 2.45) is 5.41 Å². The number of hydrogen-bond acceptors (Lipinski definition) is 7. The van der Waals surface area contributed by atoms with Gasteiger partial charge < -0.3 is 9.64 Å². The van der Waals surface area contributed by atoms with E-state index in [4.69, 9.17) is 26.7 Å². The van der Waals surface area contributed by atoms with Crippen LogP contribution in [-0.2, 0) is 17.8 Å². The minimum absolute atomic E-state index is 0.0224. The molecular weight excluding hydrogens is 481 g/mol. The van der Waals surface area contributed by atoms with Crippen LogP contribution in [0.15, 0.2) is 30.3 Å². The van der Waals surface area contributed by atoms with E-state index in [0.29, 0.717) is 17.8 Å². The molecule has 0 unspecified atom stereocenters. The number of hydrogen-bond donors (Lipinski definition) is 0. The van der Waals surface area contributed by atoms with E-state index in [1.54, 1.807) is 6.07 Å². The molecule has 1 aromatic carbocycles. The quantitative estimate of drug-likeness (QED) is 0.500. The van der Waals surface area contributed by atoms with Crippen molar-refractivity contribution in [3.63, 3.8) is 0 Å². The molecule has 1 saturated carbocycles. The van der Waals surface area contributed by atoms with Gasteiger partial charge in [0.05, 0.1) is 18.8 Å². The summed E-state index contributed by atoms with van der Waals surface area (Å²) in [6, 6.07) is 11.5. The van der Waals surface area contributed by atoms with Crippen molar-refractivity contribution in [2.45, 2.75) is 44.3 Å². The van der Waals surface area contributed by atoms with Crippen molar-refractivity contribution in [3.8, 4) is 11.8 Å². The molecule has 3 aliphatic heterocycles. The molecule has 5 heterocycles. The van der Waals surface area contributed by atoms with Gasteiger partial charge in [0.25, 0.3) is 0 Å². The molecule has 4 aliphatic rings. The summed E-state index contributed by atoms with van der Waals surface area (Å²) in [4.78, 5) is 8.51. The van der Waals surface area contributed by atoms with Gasteiger partial charge in [0, 0.05) is 48.6 Å². The Morgan fingerprint density at radius 1 is 1.14 bits per heavy atom. The third-order valence-corrected chi connectivity index (χ3v) is 8.47. The SMILES string of the molecule is N#Cc1ccc(N2CC3(CC(c4nnc5n4-c4ccc(Cl)cc4CN([C@@H]4CCOC4)C5)C3)C2)nc1F. The molecule has 10 heteroatoms. The highest BCUT2D eigenvalue weighted by Gasteiger charge is 2.54. The van der Waals surface area contributed by atoms with Crippen molar-refractivity contribution in [1.29, 1.82) is 5.26 Å². The van der Waals surface area contributed by atoms with Crippen molar-refractivity contribution in [3.05, 3.63) is 64.1 Å². The van der Waals surface area contributed by atoms with Crippen molar-refractivity contribution in [1.82, 2.24) is 24.6 Å². The lowest BCUT2D eigenvalue weighted by molar-refractivity contribution is 0.0580. The predicted octanol–water partition coefficient (Wildman–Crippen LogP) is 3.81. The van der Waals surface area contributed by atoms with E-state index in [1.165, 1.54) is 11.6 Å². The van der Waals surface area contributed by atoms with Crippen molar-refractivity contribution in [2.75, 3.05) is 31.2 Å². The van der Waals surface area contributed by atoms with Crippen LogP contribution in [0.2, 0.25) is 5.02 Å². The number of pyridine rings is 1. The van der Waals surface area contributed by atoms with E-state index in [0.717, 1.165) is 81.0 Å². The van der Waals surface area contributed by atoms with Crippen LogP contribution >= 0.6 is 11.6 Å². The number of anilines is 1. The average molecular weight is 506 g/mol. The summed E-state index contributed by atoms with van der Waals surface area (Å²) in [7, 11) is 0. The molecule has 7 rings (SSSR count). The second kappa shape index (κ2) is 8.23. The van der Waals surface area contributed by atoms with E-state index in [-0.39, 0.29) is 11.0 Å². The summed E-state index contributed by atoms with van der Waals surface area (Å²) < 4.78 is 21.9. The lowest BCUT2D eigenvalue weighted by atomic mass is 9.57. The van der Waals surface area contributed by atoms with Gasteiger partial charge in [-0.3, -0.25) is 9.47 Å². The third-order valence-electron chi connectivity index (χ3n) is 8.23. The van der Waals surface area contributed by atoms with Crippen LogP contribution < -0.4 is 4.90 Å². The zero-order chi connectivity index (χ0) is 24.4. The summed E-state index contributed by atoms with van der Waals surface area (Å²) in [5.41, 5.74) is 2.48. The Kier molecular flexibility index (Phi) is 5.07. The monoisotopic (exact) mass is 505 g/mol. The Labute approximate surface area is 213 Å². The fourth-order valence-electron chi connectivity index (χ4n) is 6.42. The first-order valence-electron chi connectivity index (χ1n) is 12.4. The van der Waals surface area contributed by atoms with Gasteiger partial charge >= 0.3 is 0 Å². The van der Waals surface area contributed by atoms with Crippen LogP contribution in [0.5, 0.6) is 0 Å². The predicted molar refractivity (Wildman–Crippen MR) is 130 cm³/mol. The molecule has 184 valence electrons. The van der Waals surface area contributed by atoms with E-state index >= 15 is 0 Å². The van der Waals surface area contributed by atoms with Gasteiger partial charge in [-0.2, -0.15) is 9.65 Å². The largest absolute Gasteiger partial charge is 0.380 e. The Morgan fingerprint density at radius 2 is 2.00 bits per heavy atom. The smallest absolute Gasteiger partial charge is 0.232 e. The van der Waals surface area contributed by atoms with Crippen LogP contribution in [0.1, 0.15) is 48.0 Å². The molecule has 0 radical (unpaired) electrons. The summed E-state index contributed by atoms with van der Waals surface area (Å²) in [6.45, 7) is 4.76. The Balaban J connectivity index is 1.12. The maximum Gasteiger partial charge on any atom is 0.232 e. The second-order valence-corrected chi connectivity index (χ2v) is 11.0. The molecule has 0 bridgehead atoms. The number of rotatable bonds is 3. The summed E-state index contributed by atoms with van der Waals surface area (Å²) >= 11 is 6.40. The maximum atomic E-state index is 14.0. The molecule has 3 aromatic rings. The lowest BCUT2D eigenvalue weighted by Crippen LogP contribution is -2.62. The molecular formula is C26H25ClFN7O. The second-order valence-electron chi connectivity index (χ2n) is 10.6. The highest BCUT2D eigenvalue weighted by atomic mass is 35.5. The number of ether oxygens (including phenoxy) is 1. The first kappa shape index (κ1) is 22.2. The normalized spacial score (nSPS) is 22.9. The molecule has 1 atom stereocenters. The maximum absolute atomic E-state index is 14.0. The number of benzene rings is 1. The van der Waals surface area contributed by atoms with Crippen molar-refractivity contribution < 1.29 is 9.13 Å². The molecule has 1 spiro atoms. The average Bonchev–Trinajstić information content (AvgIpc) is 3.45. The highest BCUT2D eigenvalue weighted by molar-refractivity contribution is 6.30. The first-order chi connectivity index (χ1) is 17.5. The van der Waals surface area contributed by atoms with Crippen LogP contribution in [0.25, 0.3) is 5.69 Å². The molecule has 36 heavy (non-hydrogen) atoms. The molecule has 8 nitrogen and oxygen atoms in total. The molecule has 2 aromatic heterocycles. The number of nitriles is 1. The third kappa shape index (κ3) is 3.51. The standard InChI is InChI=1S/C26H25ClFN7O/c27-19-2-3-21-17(7-19)11-33(20-5-6-36-13-20)12-23-31-32-25(35(21)23)18-8-26(9-18)14-34(15-26)22-4-1-16(10-29)24(28)30-22/h1-4,7,18,20H,5-6,8-9,11-15H2/t20-/m1/s1. The van der Waals surface area contributed by atoms with Gasteiger partial charge in [0.15, 0.2) is 5.82 Å². The van der Waals surface area contributed by atoms with Crippen LogP contribution in [0, 0.1) is 22.7 Å². The Morgan fingerprint density at radius 3 is 2.75 bits per heavy atom. The lowest BCUT2D eigenvalue weighted by Gasteiger charge is -2.59. The van der Waals surface area contributed by atoms with Gasteiger partial charge in [-0.05, 0) is 55.2 Å². The zero-order valence-electron chi connectivity index (χ0n) is 19.7. The fourth-order valence-corrected chi connectivity index (χ4v) is 6.61. The molecule has 1 aliphatic carbocycles. The molecule has 2 saturated heterocycles. The molecule has 3 fully saturated rings. The first-order valence-corrected chi connectivity index (χ1v) is 12.8. The van der Waals surface area contributed by atoms with Gasteiger partial charge in [0.1, 0.15) is 23.3 Å². The minimum Gasteiger partial charge on any atom is -0.380 e. The zero-order valence-corrected chi connectivity index (χ0v) is 20.5. The fraction of sp³-hybridized carbons (Fsp3) is 0.462. The number of halogens is 2. The van der Waals surface area contributed by atoms with Crippen LogP contribution in [-0.4, -0.2) is 57.0 Å². The van der Waals surface area contributed by atoms with E-state index in [9.17, 15) is 4.39 Å². The van der Waals surface area contributed by atoms with E-state index in [1.807, 2.05) is 12.1 Å². The summed E-state index contributed by atoms with van der Waals surface area (Å²) in [5.74, 6) is 2.20. The highest BCUT2D eigenvalue weighted by Crippen LogP contribution is 2.56. The Hall–Kier alpha value is -3.06. The van der Waals surface area contributed by atoms with E-state index in [2.05, 4.69) is 36.6 Å². The van der Waals surface area contributed by atoms with Crippen LogP contribution in [0.3, 0.4) is 0 Å². The Bertz CT molecular complexity index is 1380. The van der Waals surface area contributed by atoms with Gasteiger partial charge in [0.2, 0.25) is 5.95 Å². The minimum atomic E-state index is -0.703. The summed E-state index contributed by atoms with van der Waals surface area (Å²) in [5, 5.41) is 19.0. The van der Waals surface area contributed by atoms with Crippen molar-refractivity contribution >= 4 is 17.4 Å². The van der Waals surface area contributed by atoms with Crippen LogP contribution in [0.4, 0.5) is 10.2 Å². The number of fused-ring (bicyclic) bond motifs is 3. The number of nitrogens with zero attached hydrogens (tertiary/aromatic N) is 7. The van der Waals surface area contributed by atoms with E-state index < -0.39 is 5.95 Å². The molecule has 0 amide bonds. The topological polar surface area (TPSA) is 83.1 Å². The van der Waals surface area contributed by atoms with Gasteiger partial charge in [-0.1, -0.05) is 11.6 Å². The summed E-state index contributed by atoms with van der Waals surface area (Å²) in [6.07, 6.45) is 3.06. The van der Waals surface area contributed by atoms with Gasteiger partial charge in [-0.25, -0.2) is 4.98 Å². The molecule has 0 N–H and O–H groups in total.